The van der Waals surface area contributed by atoms with Crippen LogP contribution in [0.1, 0.15) is 24.0 Å². The van der Waals surface area contributed by atoms with E-state index in [9.17, 15) is 9.59 Å². The Bertz CT molecular complexity index is 588. The summed E-state index contributed by atoms with van der Waals surface area (Å²) in [4.78, 5) is 22.5. The number of aliphatic carboxylic acids is 1. The fraction of sp³-hybridized carbons (Fsp3) is 0.375. The number of hydrogen-bond acceptors (Lipinski definition) is 3. The maximum absolute atomic E-state index is 11.7. The van der Waals surface area contributed by atoms with Crippen LogP contribution in [0.4, 0.5) is 0 Å². The van der Waals surface area contributed by atoms with Gasteiger partial charge < -0.3 is 15.2 Å². The van der Waals surface area contributed by atoms with Crippen LogP contribution in [-0.4, -0.2) is 29.6 Å². The minimum absolute atomic E-state index is 0.0556. The molecule has 21 heavy (non-hydrogen) atoms. The van der Waals surface area contributed by atoms with Gasteiger partial charge in [0.15, 0.2) is 6.61 Å². The number of nitrogens with one attached hydrogen (secondary N) is 1. The van der Waals surface area contributed by atoms with Crippen LogP contribution >= 0.6 is 0 Å². The number of carboxylic acid groups (broad SMARTS) is 1. The van der Waals surface area contributed by atoms with E-state index in [1.54, 1.807) is 0 Å². The van der Waals surface area contributed by atoms with Crippen LogP contribution in [0.5, 0.6) is 5.75 Å². The van der Waals surface area contributed by atoms with Gasteiger partial charge in [-0.15, -0.1) is 12.3 Å². The molecule has 2 rings (SSSR count). The van der Waals surface area contributed by atoms with E-state index in [0.717, 1.165) is 19.3 Å². The van der Waals surface area contributed by atoms with Crippen molar-refractivity contribution in [1.82, 2.24) is 5.32 Å². The maximum atomic E-state index is 11.7. The number of fused-ring (bicyclic) bond motifs is 1. The van der Waals surface area contributed by atoms with E-state index in [2.05, 4.69) is 11.2 Å². The van der Waals surface area contributed by atoms with Gasteiger partial charge in [-0.25, -0.2) is 4.79 Å². The fourth-order valence-electron chi connectivity index (χ4n) is 2.34. The number of rotatable bonds is 6. The van der Waals surface area contributed by atoms with Crippen molar-refractivity contribution in [3.05, 3.63) is 29.3 Å². The molecule has 0 radical (unpaired) electrons. The Kier molecular flexibility index (Phi) is 4.83. The van der Waals surface area contributed by atoms with E-state index in [4.69, 9.17) is 16.3 Å². The van der Waals surface area contributed by atoms with Crippen LogP contribution < -0.4 is 10.1 Å². The fourth-order valence-corrected chi connectivity index (χ4v) is 2.34. The highest BCUT2D eigenvalue weighted by atomic mass is 16.5. The van der Waals surface area contributed by atoms with Crippen molar-refractivity contribution >= 4 is 11.9 Å². The number of carbonyl (C=O) groups is 2. The molecule has 1 aromatic rings. The average Bonchev–Trinajstić information content (AvgIpc) is 2.92. The molecule has 5 heteroatoms. The third-order valence-corrected chi connectivity index (χ3v) is 3.40. The first-order chi connectivity index (χ1) is 10.1. The lowest BCUT2D eigenvalue weighted by molar-refractivity contribution is -0.141. The Labute approximate surface area is 123 Å². The van der Waals surface area contributed by atoms with Gasteiger partial charge in [-0.1, -0.05) is 6.07 Å². The van der Waals surface area contributed by atoms with Gasteiger partial charge >= 0.3 is 5.97 Å². The van der Waals surface area contributed by atoms with Crippen molar-refractivity contribution in [2.24, 2.45) is 0 Å². The summed E-state index contributed by atoms with van der Waals surface area (Å²) in [6.45, 7) is -0.229. The van der Waals surface area contributed by atoms with E-state index in [1.165, 1.54) is 11.1 Å². The molecule has 5 nitrogen and oxygen atoms in total. The Hall–Kier alpha value is -2.48. The predicted octanol–water partition coefficient (Wildman–Crippen LogP) is 1.15. The quantitative estimate of drug-likeness (QED) is 0.770. The average molecular weight is 287 g/mol. The second-order valence-corrected chi connectivity index (χ2v) is 4.94. The minimum Gasteiger partial charge on any atom is -0.484 e. The summed E-state index contributed by atoms with van der Waals surface area (Å²) in [5.74, 6) is 1.18. The zero-order chi connectivity index (χ0) is 15.2. The van der Waals surface area contributed by atoms with Crippen molar-refractivity contribution in [2.75, 3.05) is 6.61 Å². The largest absolute Gasteiger partial charge is 0.484 e. The summed E-state index contributed by atoms with van der Waals surface area (Å²) in [6.07, 6.45) is 8.27. The number of carbonyl (C=O) groups excluding carboxylic acids is 1. The van der Waals surface area contributed by atoms with Crippen LogP contribution in [0.2, 0.25) is 0 Å². The highest BCUT2D eigenvalue weighted by Crippen LogP contribution is 2.25. The van der Waals surface area contributed by atoms with Gasteiger partial charge in [-0.05, 0) is 42.5 Å². The zero-order valence-corrected chi connectivity index (χ0v) is 11.6. The number of hydrogen-bond donors (Lipinski definition) is 2. The van der Waals surface area contributed by atoms with Crippen LogP contribution in [0.25, 0.3) is 0 Å². The minimum atomic E-state index is -1.15. The Morgan fingerprint density at radius 1 is 1.38 bits per heavy atom. The van der Waals surface area contributed by atoms with Gasteiger partial charge in [0.2, 0.25) is 0 Å². The zero-order valence-electron chi connectivity index (χ0n) is 11.6. The SMILES string of the molecule is C#CCC(NC(=O)COc1ccc2c(c1)CCC2)C(=O)O. The van der Waals surface area contributed by atoms with Crippen molar-refractivity contribution in [3.8, 4) is 18.1 Å². The van der Waals surface area contributed by atoms with Crippen molar-refractivity contribution in [2.45, 2.75) is 31.7 Å². The number of amides is 1. The molecule has 1 atom stereocenters. The summed E-state index contributed by atoms with van der Waals surface area (Å²) >= 11 is 0. The van der Waals surface area contributed by atoms with Gasteiger partial charge in [0.1, 0.15) is 11.8 Å². The molecule has 1 aromatic carbocycles. The first-order valence-electron chi connectivity index (χ1n) is 6.80. The molecule has 0 bridgehead atoms. The standard InChI is InChI=1S/C16H17NO4/c1-2-4-14(16(19)20)17-15(18)10-21-13-8-7-11-5-3-6-12(11)9-13/h1,7-9,14H,3-6,10H2,(H,17,18)(H,19,20). The number of terminal acetylenes is 1. The first kappa shape index (κ1) is 14.9. The number of aryl methyl sites for hydroxylation is 2. The molecule has 1 unspecified atom stereocenters. The second kappa shape index (κ2) is 6.80. The van der Waals surface area contributed by atoms with E-state index in [1.807, 2.05) is 18.2 Å². The molecule has 0 fully saturated rings. The normalized spacial score (nSPS) is 13.9. The summed E-state index contributed by atoms with van der Waals surface area (Å²) < 4.78 is 5.40. The molecule has 1 amide bonds. The molecule has 0 saturated heterocycles. The summed E-state index contributed by atoms with van der Waals surface area (Å²) in [5.41, 5.74) is 2.58. The number of ether oxygens (including phenoxy) is 1. The highest BCUT2D eigenvalue weighted by Gasteiger charge is 2.19. The van der Waals surface area contributed by atoms with Gasteiger partial charge in [0, 0.05) is 6.42 Å². The summed E-state index contributed by atoms with van der Waals surface area (Å²) in [6, 6.07) is 4.69. The molecule has 0 spiro atoms. The van der Waals surface area contributed by atoms with Crippen molar-refractivity contribution < 1.29 is 19.4 Å². The van der Waals surface area contributed by atoms with Crippen LogP contribution in [0, 0.1) is 12.3 Å². The molecule has 1 aliphatic rings. The molecule has 0 aliphatic heterocycles. The molecule has 110 valence electrons. The van der Waals surface area contributed by atoms with Gasteiger partial charge in [-0.3, -0.25) is 4.79 Å². The lowest BCUT2D eigenvalue weighted by Gasteiger charge is -2.12. The van der Waals surface area contributed by atoms with Crippen molar-refractivity contribution in [3.63, 3.8) is 0 Å². The van der Waals surface area contributed by atoms with Crippen LogP contribution in [0.3, 0.4) is 0 Å². The molecule has 1 aliphatic carbocycles. The van der Waals surface area contributed by atoms with Crippen LogP contribution in [0.15, 0.2) is 18.2 Å². The lowest BCUT2D eigenvalue weighted by atomic mass is 10.1. The Morgan fingerprint density at radius 2 is 2.14 bits per heavy atom. The van der Waals surface area contributed by atoms with E-state index in [-0.39, 0.29) is 13.0 Å². The third kappa shape index (κ3) is 3.99. The van der Waals surface area contributed by atoms with E-state index < -0.39 is 17.9 Å². The Morgan fingerprint density at radius 3 is 2.86 bits per heavy atom. The molecule has 0 heterocycles. The van der Waals surface area contributed by atoms with Gasteiger partial charge in [0.25, 0.3) is 5.91 Å². The number of benzene rings is 1. The second-order valence-electron chi connectivity index (χ2n) is 4.94. The molecular formula is C16H17NO4. The summed E-state index contributed by atoms with van der Waals surface area (Å²) in [7, 11) is 0. The lowest BCUT2D eigenvalue weighted by Crippen LogP contribution is -2.42. The first-order valence-corrected chi connectivity index (χ1v) is 6.80. The van der Waals surface area contributed by atoms with E-state index >= 15 is 0 Å². The van der Waals surface area contributed by atoms with Crippen molar-refractivity contribution in [1.29, 1.82) is 0 Å². The topological polar surface area (TPSA) is 75.6 Å². The van der Waals surface area contributed by atoms with Crippen LogP contribution in [-0.2, 0) is 22.4 Å². The number of carboxylic acids is 1. The predicted molar refractivity (Wildman–Crippen MR) is 77.0 cm³/mol. The monoisotopic (exact) mass is 287 g/mol. The maximum Gasteiger partial charge on any atom is 0.327 e. The summed E-state index contributed by atoms with van der Waals surface area (Å²) in [5, 5.41) is 11.2. The van der Waals surface area contributed by atoms with Gasteiger partial charge in [0.05, 0.1) is 0 Å². The third-order valence-electron chi connectivity index (χ3n) is 3.40. The molecule has 0 aromatic heterocycles. The van der Waals surface area contributed by atoms with Gasteiger partial charge in [-0.2, -0.15) is 0 Å². The molecular weight excluding hydrogens is 270 g/mol. The molecule has 2 N–H and O–H groups in total. The smallest absolute Gasteiger partial charge is 0.327 e. The van der Waals surface area contributed by atoms with E-state index in [0.29, 0.717) is 5.75 Å². The molecule has 0 saturated carbocycles. The highest BCUT2D eigenvalue weighted by molar-refractivity contribution is 5.84. The Balaban J connectivity index is 1.86.